The number of halogens is 2. The highest BCUT2D eigenvalue weighted by molar-refractivity contribution is 9.10. The number of nitrogens with zero attached hydrogens (tertiary/aromatic N) is 1. The summed E-state index contributed by atoms with van der Waals surface area (Å²) in [6.07, 6.45) is 1.86. The van der Waals surface area contributed by atoms with E-state index in [4.69, 9.17) is 0 Å². The SMILES string of the molecule is Cc1cnc(C(C)NCc2cc(Br)ccc2F)s1. The Morgan fingerprint density at radius 3 is 2.94 bits per heavy atom. The van der Waals surface area contributed by atoms with Gasteiger partial charge in [-0.15, -0.1) is 11.3 Å². The molecule has 1 N–H and O–H groups in total. The average molecular weight is 329 g/mol. The summed E-state index contributed by atoms with van der Waals surface area (Å²) in [5.41, 5.74) is 0.657. The van der Waals surface area contributed by atoms with E-state index in [1.54, 1.807) is 23.5 Å². The monoisotopic (exact) mass is 328 g/mol. The molecule has 0 spiro atoms. The maximum Gasteiger partial charge on any atom is 0.127 e. The largest absolute Gasteiger partial charge is 0.304 e. The van der Waals surface area contributed by atoms with Crippen LogP contribution in [0.2, 0.25) is 0 Å². The predicted molar refractivity (Wildman–Crippen MR) is 76.2 cm³/mol. The van der Waals surface area contributed by atoms with E-state index >= 15 is 0 Å². The molecule has 2 aromatic rings. The van der Waals surface area contributed by atoms with Crippen LogP contribution in [0.25, 0.3) is 0 Å². The van der Waals surface area contributed by atoms with Gasteiger partial charge in [0.25, 0.3) is 0 Å². The van der Waals surface area contributed by atoms with Gasteiger partial charge in [-0.2, -0.15) is 0 Å². The molecule has 0 aliphatic carbocycles. The van der Waals surface area contributed by atoms with Crippen LogP contribution in [0.4, 0.5) is 4.39 Å². The molecule has 0 amide bonds. The fourth-order valence-electron chi connectivity index (χ4n) is 1.60. The van der Waals surface area contributed by atoms with Crippen molar-refractivity contribution in [3.63, 3.8) is 0 Å². The van der Waals surface area contributed by atoms with E-state index in [-0.39, 0.29) is 11.9 Å². The zero-order valence-corrected chi connectivity index (χ0v) is 12.6. The van der Waals surface area contributed by atoms with Crippen LogP contribution in [0.1, 0.15) is 28.4 Å². The van der Waals surface area contributed by atoms with Gasteiger partial charge in [-0.25, -0.2) is 9.37 Å². The molecule has 5 heteroatoms. The first-order valence-corrected chi connectivity index (χ1v) is 7.27. The van der Waals surface area contributed by atoms with Crippen molar-refractivity contribution in [2.45, 2.75) is 26.4 Å². The minimum absolute atomic E-state index is 0.127. The van der Waals surface area contributed by atoms with Crippen molar-refractivity contribution in [2.75, 3.05) is 0 Å². The summed E-state index contributed by atoms with van der Waals surface area (Å²) in [6, 6.07) is 5.09. The Morgan fingerprint density at radius 2 is 2.28 bits per heavy atom. The highest BCUT2D eigenvalue weighted by Gasteiger charge is 2.10. The molecule has 2 rings (SSSR count). The molecule has 1 unspecified atom stereocenters. The predicted octanol–water partition coefficient (Wildman–Crippen LogP) is 4.20. The molecule has 0 saturated carbocycles. The summed E-state index contributed by atoms with van der Waals surface area (Å²) in [5.74, 6) is -0.187. The Kier molecular flexibility index (Phi) is 4.48. The van der Waals surface area contributed by atoms with Gasteiger partial charge in [0.1, 0.15) is 10.8 Å². The van der Waals surface area contributed by atoms with E-state index < -0.39 is 0 Å². The lowest BCUT2D eigenvalue weighted by atomic mass is 10.2. The standard InChI is InChI=1S/C13H14BrFN2S/c1-8-6-17-13(18-8)9(2)16-7-10-5-11(14)3-4-12(10)15/h3-6,9,16H,7H2,1-2H3. The summed E-state index contributed by atoms with van der Waals surface area (Å²) >= 11 is 5.01. The van der Waals surface area contributed by atoms with Gasteiger partial charge < -0.3 is 5.32 Å². The van der Waals surface area contributed by atoms with Crippen molar-refractivity contribution >= 4 is 27.3 Å². The Balaban J connectivity index is 2.01. The van der Waals surface area contributed by atoms with E-state index in [2.05, 4.69) is 26.2 Å². The van der Waals surface area contributed by atoms with Crippen molar-refractivity contribution in [3.8, 4) is 0 Å². The van der Waals surface area contributed by atoms with Crippen LogP contribution >= 0.6 is 27.3 Å². The summed E-state index contributed by atoms with van der Waals surface area (Å²) < 4.78 is 14.4. The van der Waals surface area contributed by atoms with E-state index in [1.807, 2.05) is 20.0 Å². The molecule has 1 atom stereocenters. The van der Waals surface area contributed by atoms with Gasteiger partial charge in [-0.3, -0.25) is 0 Å². The number of aryl methyl sites for hydroxylation is 1. The molecule has 0 aliphatic rings. The van der Waals surface area contributed by atoms with Crippen LogP contribution in [0, 0.1) is 12.7 Å². The van der Waals surface area contributed by atoms with Crippen molar-refractivity contribution in [1.29, 1.82) is 0 Å². The Bertz CT molecular complexity index is 542. The zero-order valence-electron chi connectivity index (χ0n) is 10.2. The van der Waals surface area contributed by atoms with Crippen molar-refractivity contribution in [1.82, 2.24) is 10.3 Å². The lowest BCUT2D eigenvalue weighted by molar-refractivity contribution is 0.542. The first-order valence-electron chi connectivity index (χ1n) is 5.66. The van der Waals surface area contributed by atoms with Crippen LogP contribution in [-0.2, 0) is 6.54 Å². The van der Waals surface area contributed by atoms with Gasteiger partial charge in [0.15, 0.2) is 0 Å². The Hall–Kier alpha value is -0.780. The summed E-state index contributed by atoms with van der Waals surface area (Å²) in [4.78, 5) is 5.51. The number of thiazole rings is 1. The third kappa shape index (κ3) is 3.37. The minimum atomic E-state index is -0.187. The number of hydrogen-bond acceptors (Lipinski definition) is 3. The smallest absolute Gasteiger partial charge is 0.127 e. The number of nitrogens with one attached hydrogen (secondary N) is 1. The van der Waals surface area contributed by atoms with E-state index in [9.17, 15) is 4.39 Å². The highest BCUT2D eigenvalue weighted by atomic mass is 79.9. The van der Waals surface area contributed by atoms with Crippen LogP contribution in [-0.4, -0.2) is 4.98 Å². The molecule has 0 saturated heterocycles. The molecule has 1 aromatic heterocycles. The fraction of sp³-hybridized carbons (Fsp3) is 0.308. The second-order valence-corrected chi connectivity index (χ2v) is 6.33. The second-order valence-electron chi connectivity index (χ2n) is 4.15. The maximum absolute atomic E-state index is 13.6. The molecule has 0 radical (unpaired) electrons. The second kappa shape index (κ2) is 5.91. The highest BCUT2D eigenvalue weighted by Crippen LogP contribution is 2.20. The number of hydrogen-bond donors (Lipinski definition) is 1. The summed E-state index contributed by atoms with van der Waals surface area (Å²) in [6.45, 7) is 4.56. The van der Waals surface area contributed by atoms with Crippen molar-refractivity contribution < 1.29 is 4.39 Å². The van der Waals surface area contributed by atoms with Crippen molar-refractivity contribution in [2.24, 2.45) is 0 Å². The Labute approximate surface area is 118 Å². The third-order valence-corrected chi connectivity index (χ3v) is 4.20. The molecule has 2 nitrogen and oxygen atoms in total. The normalized spacial score (nSPS) is 12.7. The maximum atomic E-state index is 13.6. The quantitative estimate of drug-likeness (QED) is 0.909. The molecular formula is C13H14BrFN2S. The summed E-state index contributed by atoms with van der Waals surface area (Å²) in [7, 11) is 0. The molecule has 96 valence electrons. The minimum Gasteiger partial charge on any atom is -0.304 e. The molecule has 0 bridgehead atoms. The van der Waals surface area contributed by atoms with Crippen LogP contribution < -0.4 is 5.32 Å². The number of benzene rings is 1. The first-order chi connectivity index (χ1) is 8.56. The number of rotatable bonds is 4. The van der Waals surface area contributed by atoms with Gasteiger partial charge in [0.05, 0.1) is 6.04 Å². The average Bonchev–Trinajstić information content (AvgIpc) is 2.77. The van der Waals surface area contributed by atoms with Crippen LogP contribution in [0.15, 0.2) is 28.9 Å². The van der Waals surface area contributed by atoms with Crippen LogP contribution in [0.5, 0.6) is 0 Å². The molecule has 1 heterocycles. The lowest BCUT2D eigenvalue weighted by Gasteiger charge is -2.11. The third-order valence-electron chi connectivity index (χ3n) is 2.62. The number of aromatic nitrogens is 1. The van der Waals surface area contributed by atoms with Gasteiger partial charge in [-0.05, 0) is 32.0 Å². The first kappa shape index (κ1) is 13.6. The molecule has 18 heavy (non-hydrogen) atoms. The molecular weight excluding hydrogens is 315 g/mol. The van der Waals surface area contributed by atoms with Crippen molar-refractivity contribution in [3.05, 3.63) is 50.1 Å². The molecule has 0 aliphatic heterocycles. The van der Waals surface area contributed by atoms with E-state index in [0.29, 0.717) is 12.1 Å². The fourth-order valence-corrected chi connectivity index (χ4v) is 2.81. The van der Waals surface area contributed by atoms with E-state index in [0.717, 1.165) is 9.48 Å². The van der Waals surface area contributed by atoms with Gasteiger partial charge in [0, 0.05) is 27.7 Å². The van der Waals surface area contributed by atoms with Gasteiger partial charge in [0.2, 0.25) is 0 Å². The topological polar surface area (TPSA) is 24.9 Å². The molecule has 0 fully saturated rings. The van der Waals surface area contributed by atoms with Crippen LogP contribution in [0.3, 0.4) is 0 Å². The van der Waals surface area contributed by atoms with Gasteiger partial charge in [-0.1, -0.05) is 15.9 Å². The zero-order chi connectivity index (χ0) is 13.1. The Morgan fingerprint density at radius 1 is 1.50 bits per heavy atom. The summed E-state index contributed by atoms with van der Waals surface area (Å²) in [5, 5.41) is 4.31. The lowest BCUT2D eigenvalue weighted by Crippen LogP contribution is -2.18. The van der Waals surface area contributed by atoms with E-state index in [1.165, 1.54) is 10.9 Å². The molecule has 1 aromatic carbocycles. The van der Waals surface area contributed by atoms with Gasteiger partial charge >= 0.3 is 0 Å².